The van der Waals surface area contributed by atoms with Crippen molar-refractivity contribution in [3.63, 3.8) is 0 Å². The van der Waals surface area contributed by atoms with Gasteiger partial charge >= 0.3 is 0 Å². The smallest absolute Gasteiger partial charge is 0.0469 e. The molecule has 1 aromatic rings. The largest absolute Gasteiger partial charge is 0.381 e. The van der Waals surface area contributed by atoms with Gasteiger partial charge < -0.3 is 10.5 Å². The Bertz CT molecular complexity index is 341. The minimum absolute atomic E-state index is 0.246. The summed E-state index contributed by atoms with van der Waals surface area (Å²) in [6.07, 6.45) is 2.12. The van der Waals surface area contributed by atoms with Crippen molar-refractivity contribution in [1.29, 1.82) is 0 Å². The summed E-state index contributed by atoms with van der Waals surface area (Å²) >= 11 is 3.45. The van der Waals surface area contributed by atoms with Crippen LogP contribution in [-0.2, 0) is 10.3 Å². The molecule has 0 amide bonds. The molecule has 1 aliphatic rings. The van der Waals surface area contributed by atoms with Crippen molar-refractivity contribution in [1.82, 2.24) is 0 Å². The number of benzene rings is 1. The van der Waals surface area contributed by atoms with Gasteiger partial charge in [0.1, 0.15) is 0 Å². The Hall–Kier alpha value is -0.380. The summed E-state index contributed by atoms with van der Waals surface area (Å²) in [6.45, 7) is 3.81. The molecular weight excluding hydrogens is 266 g/mol. The number of halogens is 1. The molecule has 2 rings (SSSR count). The number of hydrogen-bond acceptors (Lipinski definition) is 2. The second-order valence-corrected chi connectivity index (χ2v) is 5.59. The van der Waals surface area contributed by atoms with Crippen molar-refractivity contribution in [2.75, 3.05) is 13.2 Å². The van der Waals surface area contributed by atoms with Crippen LogP contribution in [-0.4, -0.2) is 13.2 Å². The van der Waals surface area contributed by atoms with Crippen LogP contribution < -0.4 is 5.73 Å². The lowest BCUT2D eigenvalue weighted by atomic mass is 9.76. The first kappa shape index (κ1) is 12.1. The molecule has 0 aromatic heterocycles. The van der Waals surface area contributed by atoms with Gasteiger partial charge in [-0.25, -0.2) is 0 Å². The molecule has 0 radical (unpaired) electrons. The SMILES string of the molecule is CC(N)(c1ccc(Br)cc1)C1CCOCC1. The summed E-state index contributed by atoms with van der Waals surface area (Å²) in [7, 11) is 0. The number of hydrogen-bond donors (Lipinski definition) is 1. The fourth-order valence-electron chi connectivity index (χ4n) is 2.34. The van der Waals surface area contributed by atoms with Crippen LogP contribution in [0.2, 0.25) is 0 Å². The maximum Gasteiger partial charge on any atom is 0.0469 e. The highest BCUT2D eigenvalue weighted by Crippen LogP contribution is 2.33. The Balaban J connectivity index is 2.19. The first-order valence-corrected chi connectivity index (χ1v) is 6.52. The molecule has 3 heteroatoms. The van der Waals surface area contributed by atoms with Crippen molar-refractivity contribution < 1.29 is 4.74 Å². The van der Waals surface area contributed by atoms with Crippen molar-refractivity contribution in [2.45, 2.75) is 25.3 Å². The van der Waals surface area contributed by atoms with E-state index in [4.69, 9.17) is 10.5 Å². The number of ether oxygens (including phenoxy) is 1. The highest BCUT2D eigenvalue weighted by Gasteiger charge is 2.32. The van der Waals surface area contributed by atoms with E-state index in [1.54, 1.807) is 0 Å². The zero-order valence-electron chi connectivity index (χ0n) is 9.58. The zero-order chi connectivity index (χ0) is 11.6. The minimum Gasteiger partial charge on any atom is -0.381 e. The quantitative estimate of drug-likeness (QED) is 0.906. The van der Waals surface area contributed by atoms with E-state index in [-0.39, 0.29) is 5.54 Å². The van der Waals surface area contributed by atoms with Gasteiger partial charge in [-0.05, 0) is 43.4 Å². The summed E-state index contributed by atoms with van der Waals surface area (Å²) in [4.78, 5) is 0. The molecule has 1 saturated heterocycles. The van der Waals surface area contributed by atoms with Crippen LogP contribution in [0.1, 0.15) is 25.3 Å². The normalized spacial score (nSPS) is 21.7. The lowest BCUT2D eigenvalue weighted by molar-refractivity contribution is 0.0412. The monoisotopic (exact) mass is 283 g/mol. The molecular formula is C13H18BrNO. The standard InChI is InChI=1S/C13H18BrNO/c1-13(15,11-6-8-16-9-7-11)10-2-4-12(14)5-3-10/h2-5,11H,6-9,15H2,1H3. The molecule has 88 valence electrons. The summed E-state index contributed by atoms with van der Waals surface area (Å²) < 4.78 is 6.48. The van der Waals surface area contributed by atoms with Crippen molar-refractivity contribution in [3.05, 3.63) is 34.3 Å². The van der Waals surface area contributed by atoms with Gasteiger partial charge in [-0.2, -0.15) is 0 Å². The van der Waals surface area contributed by atoms with Crippen LogP contribution in [0.3, 0.4) is 0 Å². The second-order valence-electron chi connectivity index (χ2n) is 4.68. The van der Waals surface area contributed by atoms with E-state index in [1.807, 2.05) is 0 Å². The summed E-state index contributed by atoms with van der Waals surface area (Å²) in [5, 5.41) is 0. The number of nitrogens with two attached hydrogens (primary N) is 1. The Morgan fingerprint density at radius 2 is 1.81 bits per heavy atom. The molecule has 0 spiro atoms. The molecule has 1 fully saturated rings. The fraction of sp³-hybridized carbons (Fsp3) is 0.538. The van der Waals surface area contributed by atoms with Gasteiger partial charge in [0, 0.05) is 23.2 Å². The average molecular weight is 284 g/mol. The van der Waals surface area contributed by atoms with E-state index in [1.165, 1.54) is 5.56 Å². The van der Waals surface area contributed by atoms with Crippen LogP contribution in [0.15, 0.2) is 28.7 Å². The Kier molecular flexibility index (Phi) is 3.67. The van der Waals surface area contributed by atoms with Gasteiger partial charge in [0.25, 0.3) is 0 Å². The molecule has 1 aromatic carbocycles. The van der Waals surface area contributed by atoms with Gasteiger partial charge in [-0.1, -0.05) is 28.1 Å². The van der Waals surface area contributed by atoms with Crippen LogP contribution in [0.4, 0.5) is 0 Å². The predicted octanol–water partition coefficient (Wildman–Crippen LogP) is 3.05. The van der Waals surface area contributed by atoms with Gasteiger partial charge in [0.2, 0.25) is 0 Å². The lowest BCUT2D eigenvalue weighted by Crippen LogP contribution is -2.43. The van der Waals surface area contributed by atoms with E-state index < -0.39 is 0 Å². The van der Waals surface area contributed by atoms with Crippen LogP contribution in [0, 0.1) is 5.92 Å². The third-order valence-electron chi connectivity index (χ3n) is 3.54. The molecule has 2 nitrogen and oxygen atoms in total. The van der Waals surface area contributed by atoms with Crippen molar-refractivity contribution in [2.24, 2.45) is 11.7 Å². The summed E-state index contributed by atoms with van der Waals surface area (Å²) in [6, 6.07) is 8.33. The van der Waals surface area contributed by atoms with E-state index >= 15 is 0 Å². The third kappa shape index (κ3) is 2.47. The van der Waals surface area contributed by atoms with Crippen molar-refractivity contribution >= 4 is 15.9 Å². The maximum absolute atomic E-state index is 6.49. The molecule has 1 aliphatic heterocycles. The van der Waals surface area contributed by atoms with Gasteiger partial charge in [0.15, 0.2) is 0 Å². The average Bonchev–Trinajstić information content (AvgIpc) is 2.31. The van der Waals surface area contributed by atoms with Gasteiger partial charge in [-0.15, -0.1) is 0 Å². The molecule has 0 bridgehead atoms. The second kappa shape index (κ2) is 4.86. The molecule has 0 saturated carbocycles. The van der Waals surface area contributed by atoms with E-state index in [9.17, 15) is 0 Å². The summed E-state index contributed by atoms with van der Waals surface area (Å²) in [5.41, 5.74) is 7.46. The van der Waals surface area contributed by atoms with Gasteiger partial charge in [-0.3, -0.25) is 0 Å². The predicted molar refractivity (Wildman–Crippen MR) is 69.2 cm³/mol. The third-order valence-corrected chi connectivity index (χ3v) is 4.06. The zero-order valence-corrected chi connectivity index (χ0v) is 11.2. The van der Waals surface area contributed by atoms with Crippen LogP contribution in [0.5, 0.6) is 0 Å². The molecule has 1 atom stereocenters. The molecule has 16 heavy (non-hydrogen) atoms. The highest BCUT2D eigenvalue weighted by molar-refractivity contribution is 9.10. The van der Waals surface area contributed by atoms with E-state index in [0.717, 1.165) is 30.5 Å². The van der Waals surface area contributed by atoms with Crippen LogP contribution >= 0.6 is 15.9 Å². The Morgan fingerprint density at radius 3 is 2.38 bits per heavy atom. The first-order valence-electron chi connectivity index (χ1n) is 5.73. The van der Waals surface area contributed by atoms with Gasteiger partial charge in [0.05, 0.1) is 0 Å². The summed E-state index contributed by atoms with van der Waals surface area (Å²) in [5.74, 6) is 0.516. The molecule has 0 aliphatic carbocycles. The highest BCUT2D eigenvalue weighted by atomic mass is 79.9. The Labute approximate surface area is 105 Å². The maximum atomic E-state index is 6.49. The molecule has 1 heterocycles. The number of rotatable bonds is 2. The fourth-order valence-corrected chi connectivity index (χ4v) is 2.61. The topological polar surface area (TPSA) is 35.2 Å². The van der Waals surface area contributed by atoms with Crippen molar-refractivity contribution in [3.8, 4) is 0 Å². The lowest BCUT2D eigenvalue weighted by Gasteiger charge is -2.37. The van der Waals surface area contributed by atoms with E-state index in [2.05, 4.69) is 47.1 Å². The molecule has 1 unspecified atom stereocenters. The van der Waals surface area contributed by atoms with Crippen LogP contribution in [0.25, 0.3) is 0 Å². The first-order chi connectivity index (χ1) is 7.60. The molecule has 2 N–H and O–H groups in total. The van der Waals surface area contributed by atoms with E-state index in [0.29, 0.717) is 5.92 Å². The Morgan fingerprint density at radius 1 is 1.25 bits per heavy atom. The minimum atomic E-state index is -0.246.